The smallest absolute Gasteiger partial charge is 0.107 e. The third kappa shape index (κ3) is 4.63. The molecule has 3 atom stereocenters. The molecule has 2 nitrogen and oxygen atoms in total. The minimum Gasteiger partial charge on any atom is -0.312 e. The standard InChI is InChI=1S/C16H28N2S3/c1-6-7-17-8-13-15(10(2)3)18-16(21-13)14-9-19-11(4)12(5)20-14/h10-12,14,17H,6-9H2,1-5H3. The lowest BCUT2D eigenvalue weighted by Gasteiger charge is -2.30. The molecule has 1 N–H and O–H groups in total. The van der Waals surface area contributed by atoms with Crippen LogP contribution in [-0.2, 0) is 6.54 Å². The molecule has 21 heavy (non-hydrogen) atoms. The van der Waals surface area contributed by atoms with E-state index in [-0.39, 0.29) is 0 Å². The molecule has 0 spiro atoms. The van der Waals surface area contributed by atoms with Crippen LogP contribution in [0.1, 0.15) is 67.8 Å². The van der Waals surface area contributed by atoms with E-state index in [0.29, 0.717) is 11.2 Å². The van der Waals surface area contributed by atoms with Gasteiger partial charge >= 0.3 is 0 Å². The van der Waals surface area contributed by atoms with Crippen LogP contribution in [0, 0.1) is 0 Å². The molecule has 0 radical (unpaired) electrons. The fourth-order valence-corrected chi connectivity index (χ4v) is 6.77. The van der Waals surface area contributed by atoms with Crippen molar-refractivity contribution in [1.29, 1.82) is 0 Å². The van der Waals surface area contributed by atoms with Crippen molar-refractivity contribution in [3.05, 3.63) is 15.6 Å². The Morgan fingerprint density at radius 3 is 2.67 bits per heavy atom. The summed E-state index contributed by atoms with van der Waals surface area (Å²) in [4.78, 5) is 6.47. The first-order chi connectivity index (χ1) is 10.0. The molecule has 0 aliphatic carbocycles. The number of thioether (sulfide) groups is 2. The van der Waals surface area contributed by atoms with Crippen molar-refractivity contribution >= 4 is 34.9 Å². The largest absolute Gasteiger partial charge is 0.312 e. The zero-order chi connectivity index (χ0) is 15.4. The molecule has 0 amide bonds. The monoisotopic (exact) mass is 344 g/mol. The van der Waals surface area contributed by atoms with Crippen molar-refractivity contribution in [3.63, 3.8) is 0 Å². The van der Waals surface area contributed by atoms with Gasteiger partial charge in [-0.2, -0.15) is 11.8 Å². The van der Waals surface area contributed by atoms with Gasteiger partial charge in [0.05, 0.1) is 10.9 Å². The molecule has 1 fully saturated rings. The van der Waals surface area contributed by atoms with E-state index in [0.717, 1.165) is 23.6 Å². The van der Waals surface area contributed by atoms with E-state index < -0.39 is 0 Å². The Hall–Kier alpha value is 0.290. The van der Waals surface area contributed by atoms with Gasteiger partial charge in [0.1, 0.15) is 5.01 Å². The van der Waals surface area contributed by atoms with E-state index in [1.54, 1.807) is 0 Å². The Bertz CT molecular complexity index is 445. The highest BCUT2D eigenvalue weighted by atomic mass is 32.2. The molecule has 5 heteroatoms. The van der Waals surface area contributed by atoms with Crippen LogP contribution in [-0.4, -0.2) is 27.8 Å². The maximum absolute atomic E-state index is 5.02. The summed E-state index contributed by atoms with van der Waals surface area (Å²) in [6, 6.07) is 0. The zero-order valence-electron chi connectivity index (χ0n) is 13.8. The highest BCUT2D eigenvalue weighted by Gasteiger charge is 2.29. The van der Waals surface area contributed by atoms with E-state index in [1.165, 1.54) is 27.8 Å². The highest BCUT2D eigenvalue weighted by Crippen LogP contribution is 2.46. The molecular formula is C16H28N2S3. The predicted molar refractivity (Wildman–Crippen MR) is 99.9 cm³/mol. The summed E-state index contributed by atoms with van der Waals surface area (Å²) in [7, 11) is 0. The summed E-state index contributed by atoms with van der Waals surface area (Å²) in [6.07, 6.45) is 1.19. The van der Waals surface area contributed by atoms with E-state index in [1.807, 2.05) is 11.3 Å². The second kappa shape index (κ2) is 8.23. The Labute approximate surface area is 142 Å². The van der Waals surface area contributed by atoms with E-state index in [4.69, 9.17) is 4.98 Å². The van der Waals surface area contributed by atoms with Gasteiger partial charge in [-0.1, -0.05) is 34.6 Å². The topological polar surface area (TPSA) is 24.9 Å². The molecule has 2 rings (SSSR count). The third-order valence-electron chi connectivity index (χ3n) is 3.83. The fraction of sp³-hybridized carbons (Fsp3) is 0.812. The van der Waals surface area contributed by atoms with Crippen molar-refractivity contribution in [1.82, 2.24) is 10.3 Å². The average Bonchev–Trinajstić information content (AvgIpc) is 2.86. The second-order valence-corrected chi connectivity index (χ2v) is 10.2. The lowest BCUT2D eigenvalue weighted by atomic mass is 10.1. The van der Waals surface area contributed by atoms with Gasteiger partial charge in [-0.15, -0.1) is 23.1 Å². The molecule has 120 valence electrons. The van der Waals surface area contributed by atoms with Crippen LogP contribution in [0.5, 0.6) is 0 Å². The van der Waals surface area contributed by atoms with Crippen LogP contribution in [0.25, 0.3) is 0 Å². The van der Waals surface area contributed by atoms with Gasteiger partial charge in [0.15, 0.2) is 0 Å². The number of rotatable bonds is 6. The Morgan fingerprint density at radius 2 is 2.05 bits per heavy atom. The summed E-state index contributed by atoms with van der Waals surface area (Å²) in [5, 5.41) is 6.96. The quantitative estimate of drug-likeness (QED) is 0.729. The minimum absolute atomic E-state index is 0.519. The number of hydrogen-bond donors (Lipinski definition) is 1. The summed E-state index contributed by atoms with van der Waals surface area (Å²) in [5.74, 6) is 1.73. The van der Waals surface area contributed by atoms with Gasteiger partial charge in [0.2, 0.25) is 0 Å². The van der Waals surface area contributed by atoms with Gasteiger partial charge in [-0.05, 0) is 18.9 Å². The van der Waals surface area contributed by atoms with Crippen molar-refractivity contribution in [2.24, 2.45) is 0 Å². The van der Waals surface area contributed by atoms with Crippen LogP contribution in [0.2, 0.25) is 0 Å². The van der Waals surface area contributed by atoms with Crippen LogP contribution >= 0.6 is 34.9 Å². The maximum Gasteiger partial charge on any atom is 0.107 e. The van der Waals surface area contributed by atoms with Gasteiger partial charge in [0.25, 0.3) is 0 Å². The molecule has 1 aromatic rings. The Balaban J connectivity index is 2.11. The fourth-order valence-electron chi connectivity index (χ4n) is 2.39. The third-order valence-corrected chi connectivity index (χ3v) is 8.56. The van der Waals surface area contributed by atoms with Crippen LogP contribution in [0.3, 0.4) is 0 Å². The number of aromatic nitrogens is 1. The maximum atomic E-state index is 5.02. The molecule has 0 bridgehead atoms. The van der Waals surface area contributed by atoms with Gasteiger partial charge in [-0.3, -0.25) is 0 Å². The number of nitrogens with one attached hydrogen (secondary N) is 1. The Morgan fingerprint density at radius 1 is 1.29 bits per heavy atom. The summed E-state index contributed by atoms with van der Waals surface area (Å²) in [6.45, 7) is 13.5. The average molecular weight is 345 g/mol. The molecule has 1 aromatic heterocycles. The zero-order valence-corrected chi connectivity index (χ0v) is 16.3. The molecule has 3 unspecified atom stereocenters. The summed E-state index contributed by atoms with van der Waals surface area (Å²) in [5.41, 5.74) is 1.32. The molecule has 1 saturated heterocycles. The molecule has 2 heterocycles. The van der Waals surface area contributed by atoms with Crippen molar-refractivity contribution in [2.75, 3.05) is 12.3 Å². The van der Waals surface area contributed by atoms with Crippen molar-refractivity contribution in [3.8, 4) is 0 Å². The molecule has 0 aromatic carbocycles. The SMILES string of the molecule is CCCNCc1sc(C2CSC(C)C(C)S2)nc1C(C)C. The lowest BCUT2D eigenvalue weighted by molar-refractivity contribution is 0.670. The van der Waals surface area contributed by atoms with E-state index in [9.17, 15) is 0 Å². The van der Waals surface area contributed by atoms with Crippen molar-refractivity contribution < 1.29 is 0 Å². The summed E-state index contributed by atoms with van der Waals surface area (Å²) >= 11 is 6.16. The molecular weight excluding hydrogens is 316 g/mol. The first-order valence-corrected chi connectivity index (χ1v) is 10.8. The second-order valence-electron chi connectivity index (χ2n) is 6.06. The van der Waals surface area contributed by atoms with Crippen LogP contribution in [0.4, 0.5) is 0 Å². The summed E-state index contributed by atoms with van der Waals surface area (Å²) < 4.78 is 0. The molecule has 0 saturated carbocycles. The highest BCUT2D eigenvalue weighted by molar-refractivity contribution is 8.07. The van der Waals surface area contributed by atoms with Gasteiger partial charge < -0.3 is 5.32 Å². The normalized spacial score (nSPS) is 26.5. The first-order valence-electron chi connectivity index (χ1n) is 8.00. The lowest BCUT2D eigenvalue weighted by Crippen LogP contribution is -2.21. The number of nitrogens with zero attached hydrogens (tertiary/aromatic N) is 1. The van der Waals surface area contributed by atoms with Crippen molar-refractivity contribution in [2.45, 2.75) is 69.3 Å². The van der Waals surface area contributed by atoms with E-state index >= 15 is 0 Å². The van der Waals surface area contributed by atoms with E-state index in [2.05, 4.69) is 63.5 Å². The minimum atomic E-state index is 0.519. The van der Waals surface area contributed by atoms with Gasteiger partial charge in [-0.25, -0.2) is 4.98 Å². The van der Waals surface area contributed by atoms with Crippen LogP contribution in [0.15, 0.2) is 0 Å². The van der Waals surface area contributed by atoms with Gasteiger partial charge in [0, 0.05) is 27.7 Å². The predicted octanol–water partition coefficient (Wildman–Crippen LogP) is 5.06. The molecule has 1 aliphatic rings. The van der Waals surface area contributed by atoms with Crippen LogP contribution < -0.4 is 5.32 Å². The number of hydrogen-bond acceptors (Lipinski definition) is 5. The number of thiazole rings is 1. The Kier molecular flexibility index (Phi) is 6.91. The molecule has 1 aliphatic heterocycles. The first kappa shape index (κ1) is 17.6.